The smallest absolute Gasteiger partial charge is 0.108 e. The molecule has 80 valence electrons. The molecule has 0 aliphatic carbocycles. The predicted molar refractivity (Wildman–Crippen MR) is 55.9 cm³/mol. The second kappa shape index (κ2) is 4.57. The summed E-state index contributed by atoms with van der Waals surface area (Å²) in [5.41, 5.74) is 5.31. The van der Waals surface area contributed by atoms with Gasteiger partial charge in [-0.05, 0) is 13.3 Å². The van der Waals surface area contributed by atoms with Crippen LogP contribution in [-0.2, 0) is 13.0 Å². The number of aromatic nitrogens is 2. The van der Waals surface area contributed by atoms with Crippen molar-refractivity contribution >= 4 is 0 Å². The van der Waals surface area contributed by atoms with Gasteiger partial charge >= 0.3 is 0 Å². The third kappa shape index (κ3) is 2.82. The Morgan fingerprint density at radius 2 is 2.36 bits per heavy atom. The lowest BCUT2D eigenvalue weighted by Gasteiger charge is -2.23. The van der Waals surface area contributed by atoms with E-state index in [1.807, 2.05) is 17.7 Å². The van der Waals surface area contributed by atoms with Crippen LogP contribution < -0.4 is 5.73 Å². The molecule has 1 unspecified atom stereocenters. The second-order valence-electron chi connectivity index (χ2n) is 4.03. The molecule has 0 spiro atoms. The Bertz CT molecular complexity index is 281. The number of aliphatic hydroxyl groups is 1. The maximum absolute atomic E-state index is 9.05. The number of hydrogen-bond acceptors (Lipinski definition) is 3. The SMILES string of the molecule is CCCc1nccn1CC(C)(N)CO. The van der Waals surface area contributed by atoms with Crippen LogP contribution in [0.2, 0.25) is 0 Å². The van der Waals surface area contributed by atoms with Gasteiger partial charge in [0.1, 0.15) is 5.82 Å². The molecule has 0 amide bonds. The normalized spacial score (nSPS) is 15.4. The Balaban J connectivity index is 2.70. The third-order valence-corrected chi connectivity index (χ3v) is 2.17. The molecule has 0 radical (unpaired) electrons. The Kier molecular flexibility index (Phi) is 3.66. The van der Waals surface area contributed by atoms with Crippen LogP contribution >= 0.6 is 0 Å². The molecule has 0 saturated heterocycles. The van der Waals surface area contributed by atoms with Gasteiger partial charge < -0.3 is 15.4 Å². The minimum atomic E-state index is -0.566. The average molecular weight is 197 g/mol. The summed E-state index contributed by atoms with van der Waals surface area (Å²) in [6.07, 6.45) is 5.70. The molecular formula is C10H19N3O. The highest BCUT2D eigenvalue weighted by Gasteiger charge is 2.18. The van der Waals surface area contributed by atoms with Gasteiger partial charge in [-0.25, -0.2) is 4.98 Å². The summed E-state index contributed by atoms with van der Waals surface area (Å²) >= 11 is 0. The lowest BCUT2D eigenvalue weighted by atomic mass is 10.1. The number of nitrogens with zero attached hydrogens (tertiary/aromatic N) is 2. The monoisotopic (exact) mass is 197 g/mol. The number of aryl methyl sites for hydroxylation is 1. The minimum Gasteiger partial charge on any atom is -0.394 e. The first-order chi connectivity index (χ1) is 6.59. The first-order valence-electron chi connectivity index (χ1n) is 4.99. The summed E-state index contributed by atoms with van der Waals surface area (Å²) in [6.45, 7) is 4.55. The maximum atomic E-state index is 9.05. The minimum absolute atomic E-state index is 0.0171. The fourth-order valence-corrected chi connectivity index (χ4v) is 1.37. The number of nitrogens with two attached hydrogens (primary N) is 1. The van der Waals surface area contributed by atoms with Crippen molar-refractivity contribution in [1.29, 1.82) is 0 Å². The van der Waals surface area contributed by atoms with Gasteiger partial charge in [-0.1, -0.05) is 6.92 Å². The van der Waals surface area contributed by atoms with E-state index in [4.69, 9.17) is 10.8 Å². The van der Waals surface area contributed by atoms with Crippen molar-refractivity contribution in [3.05, 3.63) is 18.2 Å². The number of rotatable bonds is 5. The summed E-state index contributed by atoms with van der Waals surface area (Å²) in [6, 6.07) is 0. The van der Waals surface area contributed by atoms with Gasteiger partial charge in [-0.3, -0.25) is 0 Å². The van der Waals surface area contributed by atoms with Crippen molar-refractivity contribution < 1.29 is 5.11 Å². The van der Waals surface area contributed by atoms with E-state index in [1.54, 1.807) is 6.20 Å². The molecule has 4 nitrogen and oxygen atoms in total. The van der Waals surface area contributed by atoms with Crippen LogP contribution in [0.25, 0.3) is 0 Å². The van der Waals surface area contributed by atoms with Crippen molar-refractivity contribution in [1.82, 2.24) is 9.55 Å². The molecule has 1 aromatic heterocycles. The Hall–Kier alpha value is -0.870. The van der Waals surface area contributed by atoms with Crippen molar-refractivity contribution in [2.24, 2.45) is 5.73 Å². The molecule has 1 rings (SSSR count). The zero-order valence-corrected chi connectivity index (χ0v) is 8.90. The molecule has 0 aliphatic rings. The first kappa shape index (κ1) is 11.2. The van der Waals surface area contributed by atoms with Gasteiger partial charge in [-0.2, -0.15) is 0 Å². The summed E-state index contributed by atoms with van der Waals surface area (Å²) in [5, 5.41) is 9.05. The van der Waals surface area contributed by atoms with Crippen molar-refractivity contribution in [3.8, 4) is 0 Å². The van der Waals surface area contributed by atoms with Crippen LogP contribution in [0.4, 0.5) is 0 Å². The van der Waals surface area contributed by atoms with Crippen molar-refractivity contribution in [2.45, 2.75) is 38.8 Å². The van der Waals surface area contributed by atoms with Crippen LogP contribution in [0.3, 0.4) is 0 Å². The zero-order chi connectivity index (χ0) is 10.6. The van der Waals surface area contributed by atoms with Gasteiger partial charge in [-0.15, -0.1) is 0 Å². The van der Waals surface area contributed by atoms with Crippen LogP contribution in [0.15, 0.2) is 12.4 Å². The van der Waals surface area contributed by atoms with Gasteiger partial charge in [0, 0.05) is 25.4 Å². The number of imidazole rings is 1. The zero-order valence-electron chi connectivity index (χ0n) is 8.90. The fraction of sp³-hybridized carbons (Fsp3) is 0.700. The maximum Gasteiger partial charge on any atom is 0.108 e. The standard InChI is InChI=1S/C10H19N3O/c1-3-4-9-12-5-6-13(9)7-10(2,11)8-14/h5-6,14H,3-4,7-8,11H2,1-2H3. The van der Waals surface area contributed by atoms with Gasteiger partial charge in [0.05, 0.1) is 12.1 Å². The van der Waals surface area contributed by atoms with Gasteiger partial charge in [0.15, 0.2) is 0 Å². The Morgan fingerprint density at radius 1 is 1.64 bits per heavy atom. The first-order valence-corrected chi connectivity index (χ1v) is 4.99. The molecule has 3 N–H and O–H groups in total. The second-order valence-corrected chi connectivity index (χ2v) is 4.03. The fourth-order valence-electron chi connectivity index (χ4n) is 1.37. The molecule has 1 heterocycles. The molecule has 14 heavy (non-hydrogen) atoms. The van der Waals surface area contributed by atoms with Crippen molar-refractivity contribution in [2.75, 3.05) is 6.61 Å². The highest BCUT2D eigenvalue weighted by molar-refractivity contribution is 4.95. The Labute approximate surface area is 84.8 Å². The largest absolute Gasteiger partial charge is 0.394 e. The van der Waals surface area contributed by atoms with E-state index in [0.29, 0.717) is 6.54 Å². The van der Waals surface area contributed by atoms with E-state index in [9.17, 15) is 0 Å². The third-order valence-electron chi connectivity index (χ3n) is 2.17. The van der Waals surface area contributed by atoms with Gasteiger partial charge in [0.2, 0.25) is 0 Å². The van der Waals surface area contributed by atoms with E-state index in [1.165, 1.54) is 0 Å². The summed E-state index contributed by atoms with van der Waals surface area (Å²) in [7, 11) is 0. The molecule has 0 saturated carbocycles. The lowest BCUT2D eigenvalue weighted by Crippen LogP contribution is -2.44. The van der Waals surface area contributed by atoms with Gasteiger partial charge in [0.25, 0.3) is 0 Å². The summed E-state index contributed by atoms with van der Waals surface area (Å²) in [5.74, 6) is 1.04. The predicted octanol–water partition coefficient (Wildman–Crippen LogP) is 0.545. The highest BCUT2D eigenvalue weighted by Crippen LogP contribution is 2.07. The van der Waals surface area contributed by atoms with E-state index < -0.39 is 5.54 Å². The summed E-state index contributed by atoms with van der Waals surface area (Å²) in [4.78, 5) is 4.25. The molecular weight excluding hydrogens is 178 g/mol. The Morgan fingerprint density at radius 3 is 2.93 bits per heavy atom. The molecule has 0 bridgehead atoms. The summed E-state index contributed by atoms with van der Waals surface area (Å²) < 4.78 is 2.01. The van der Waals surface area contributed by atoms with Crippen molar-refractivity contribution in [3.63, 3.8) is 0 Å². The van der Waals surface area contributed by atoms with Crippen LogP contribution in [-0.4, -0.2) is 26.8 Å². The van der Waals surface area contributed by atoms with E-state index in [2.05, 4.69) is 11.9 Å². The molecule has 0 aromatic carbocycles. The number of hydrogen-bond donors (Lipinski definition) is 2. The highest BCUT2D eigenvalue weighted by atomic mass is 16.3. The molecule has 1 atom stereocenters. The molecule has 4 heteroatoms. The van der Waals surface area contributed by atoms with E-state index in [-0.39, 0.29) is 6.61 Å². The molecule has 1 aromatic rings. The number of aliphatic hydroxyl groups excluding tert-OH is 1. The van der Waals surface area contributed by atoms with E-state index >= 15 is 0 Å². The average Bonchev–Trinajstić information content (AvgIpc) is 2.53. The van der Waals surface area contributed by atoms with Crippen LogP contribution in [0, 0.1) is 0 Å². The molecule has 0 fully saturated rings. The van der Waals surface area contributed by atoms with Crippen LogP contribution in [0.5, 0.6) is 0 Å². The quantitative estimate of drug-likeness (QED) is 0.724. The lowest BCUT2D eigenvalue weighted by molar-refractivity contribution is 0.191. The van der Waals surface area contributed by atoms with Crippen LogP contribution in [0.1, 0.15) is 26.1 Å². The van der Waals surface area contributed by atoms with E-state index in [0.717, 1.165) is 18.7 Å². The topological polar surface area (TPSA) is 64.1 Å². The molecule has 0 aliphatic heterocycles.